The molecule has 0 aliphatic carbocycles. The van der Waals surface area contributed by atoms with Gasteiger partial charge in [0.2, 0.25) is 0 Å². The van der Waals surface area contributed by atoms with Crippen LogP contribution in [-0.4, -0.2) is 13.7 Å². The summed E-state index contributed by atoms with van der Waals surface area (Å²) in [4.78, 5) is 0. The Morgan fingerprint density at radius 2 is 2.07 bits per heavy atom. The van der Waals surface area contributed by atoms with Crippen molar-refractivity contribution in [1.82, 2.24) is 0 Å². The summed E-state index contributed by atoms with van der Waals surface area (Å²) in [5.74, 6) is 0.923. The van der Waals surface area contributed by atoms with Gasteiger partial charge in [0.05, 0.1) is 7.11 Å². The number of methoxy groups -OCH3 is 1. The highest BCUT2D eigenvalue weighted by molar-refractivity contribution is 6.30. The first-order chi connectivity index (χ1) is 7.27. The smallest absolute Gasteiger partial charge is 0.122 e. The summed E-state index contributed by atoms with van der Waals surface area (Å²) in [6.07, 6.45) is 4.38. The molecule has 0 atom stereocenters. The zero-order chi connectivity index (χ0) is 11.1. The third-order valence-electron chi connectivity index (χ3n) is 2.39. The van der Waals surface area contributed by atoms with Gasteiger partial charge in [-0.3, -0.25) is 0 Å². The fraction of sp³-hybridized carbons (Fsp3) is 0.500. The number of rotatable bonds is 6. The van der Waals surface area contributed by atoms with Crippen LogP contribution in [0.5, 0.6) is 5.75 Å². The van der Waals surface area contributed by atoms with Crippen molar-refractivity contribution in [3.8, 4) is 5.75 Å². The van der Waals surface area contributed by atoms with E-state index in [0.717, 1.165) is 43.0 Å². The predicted octanol–water partition coefficient (Wildman–Crippen LogP) is 3.02. The molecule has 0 amide bonds. The van der Waals surface area contributed by atoms with Crippen molar-refractivity contribution in [1.29, 1.82) is 0 Å². The van der Waals surface area contributed by atoms with E-state index in [9.17, 15) is 0 Å². The van der Waals surface area contributed by atoms with Crippen molar-refractivity contribution in [3.05, 3.63) is 28.8 Å². The van der Waals surface area contributed by atoms with E-state index in [2.05, 4.69) is 0 Å². The van der Waals surface area contributed by atoms with E-state index in [0.29, 0.717) is 0 Å². The van der Waals surface area contributed by atoms with E-state index in [4.69, 9.17) is 22.1 Å². The van der Waals surface area contributed by atoms with Crippen LogP contribution in [0.2, 0.25) is 5.02 Å². The van der Waals surface area contributed by atoms with Gasteiger partial charge >= 0.3 is 0 Å². The van der Waals surface area contributed by atoms with Crippen LogP contribution in [0.1, 0.15) is 24.8 Å². The maximum absolute atomic E-state index is 5.94. The number of aryl methyl sites for hydroxylation is 1. The molecule has 2 nitrogen and oxygen atoms in total. The molecule has 1 aromatic carbocycles. The molecule has 0 saturated carbocycles. The Balaban J connectivity index is 2.54. The van der Waals surface area contributed by atoms with Crippen molar-refractivity contribution in [2.24, 2.45) is 5.73 Å². The first-order valence-corrected chi connectivity index (χ1v) is 5.68. The van der Waals surface area contributed by atoms with Crippen LogP contribution in [0.15, 0.2) is 18.2 Å². The third kappa shape index (κ3) is 4.10. The molecule has 1 aromatic rings. The Morgan fingerprint density at radius 3 is 2.73 bits per heavy atom. The second-order valence-corrected chi connectivity index (χ2v) is 3.99. The molecule has 0 unspecified atom stereocenters. The fourth-order valence-corrected chi connectivity index (χ4v) is 1.77. The summed E-state index contributed by atoms with van der Waals surface area (Å²) in [5.41, 5.74) is 6.62. The monoisotopic (exact) mass is 227 g/mol. The summed E-state index contributed by atoms with van der Waals surface area (Å²) in [6, 6.07) is 5.74. The molecule has 0 bridgehead atoms. The zero-order valence-electron chi connectivity index (χ0n) is 9.13. The van der Waals surface area contributed by atoms with Gasteiger partial charge < -0.3 is 10.5 Å². The van der Waals surface area contributed by atoms with Gasteiger partial charge in [-0.1, -0.05) is 18.0 Å². The van der Waals surface area contributed by atoms with Gasteiger partial charge in [-0.25, -0.2) is 0 Å². The van der Waals surface area contributed by atoms with E-state index in [1.54, 1.807) is 7.11 Å². The maximum atomic E-state index is 5.94. The summed E-state index contributed by atoms with van der Waals surface area (Å²) in [5, 5.41) is 0.768. The Bertz CT molecular complexity index is 302. The lowest BCUT2D eigenvalue weighted by molar-refractivity contribution is 0.409. The number of ether oxygens (including phenoxy) is 1. The van der Waals surface area contributed by atoms with Gasteiger partial charge in [0.1, 0.15) is 5.75 Å². The largest absolute Gasteiger partial charge is 0.496 e. The molecule has 0 fully saturated rings. The van der Waals surface area contributed by atoms with Crippen molar-refractivity contribution in [2.45, 2.75) is 25.7 Å². The molecule has 0 saturated heterocycles. The Labute approximate surface area is 96.4 Å². The third-order valence-corrected chi connectivity index (χ3v) is 2.63. The van der Waals surface area contributed by atoms with Crippen LogP contribution in [0.3, 0.4) is 0 Å². The molecule has 0 spiro atoms. The maximum Gasteiger partial charge on any atom is 0.122 e. The van der Waals surface area contributed by atoms with Crippen molar-refractivity contribution in [2.75, 3.05) is 13.7 Å². The van der Waals surface area contributed by atoms with Gasteiger partial charge in [0.25, 0.3) is 0 Å². The number of unbranched alkanes of at least 4 members (excludes halogenated alkanes) is 2. The van der Waals surface area contributed by atoms with E-state index >= 15 is 0 Å². The number of nitrogens with two attached hydrogens (primary N) is 1. The zero-order valence-corrected chi connectivity index (χ0v) is 9.89. The minimum absolute atomic E-state index is 0.768. The average Bonchev–Trinajstić information content (AvgIpc) is 2.25. The molecular formula is C12H18ClNO. The second kappa shape index (κ2) is 6.70. The molecular weight excluding hydrogens is 210 g/mol. The van der Waals surface area contributed by atoms with Crippen molar-refractivity contribution in [3.63, 3.8) is 0 Å². The van der Waals surface area contributed by atoms with Crippen molar-refractivity contribution >= 4 is 11.6 Å². The Hall–Kier alpha value is -0.730. The lowest BCUT2D eigenvalue weighted by Crippen LogP contribution is -1.98. The summed E-state index contributed by atoms with van der Waals surface area (Å²) in [7, 11) is 1.69. The minimum atomic E-state index is 0.768. The molecule has 15 heavy (non-hydrogen) atoms. The molecule has 0 aliphatic heterocycles. The van der Waals surface area contributed by atoms with E-state index in [1.165, 1.54) is 5.56 Å². The topological polar surface area (TPSA) is 35.2 Å². The highest BCUT2D eigenvalue weighted by atomic mass is 35.5. The number of hydrogen-bond acceptors (Lipinski definition) is 2. The van der Waals surface area contributed by atoms with Crippen LogP contribution >= 0.6 is 11.6 Å². The summed E-state index contributed by atoms with van der Waals surface area (Å²) in [6.45, 7) is 0.771. The molecule has 2 N–H and O–H groups in total. The average molecular weight is 228 g/mol. The van der Waals surface area contributed by atoms with Crippen LogP contribution in [0, 0.1) is 0 Å². The van der Waals surface area contributed by atoms with Crippen molar-refractivity contribution < 1.29 is 4.74 Å². The first kappa shape index (κ1) is 12.3. The molecule has 0 aliphatic rings. The highest BCUT2D eigenvalue weighted by Crippen LogP contribution is 2.24. The normalized spacial score (nSPS) is 10.3. The molecule has 0 heterocycles. The summed E-state index contributed by atoms with van der Waals surface area (Å²) < 4.78 is 5.27. The SMILES string of the molecule is COc1ccc(Cl)cc1CCCCCN. The molecule has 1 rings (SSSR count). The van der Waals surface area contributed by atoms with Gasteiger partial charge in [0.15, 0.2) is 0 Å². The quantitative estimate of drug-likeness (QED) is 0.759. The van der Waals surface area contributed by atoms with Crippen LogP contribution in [0.25, 0.3) is 0 Å². The van der Waals surface area contributed by atoms with Gasteiger partial charge in [-0.2, -0.15) is 0 Å². The molecule has 84 valence electrons. The Kier molecular flexibility index (Phi) is 5.51. The van der Waals surface area contributed by atoms with E-state index in [1.807, 2.05) is 18.2 Å². The van der Waals surface area contributed by atoms with Crippen LogP contribution in [0.4, 0.5) is 0 Å². The van der Waals surface area contributed by atoms with Crippen LogP contribution < -0.4 is 10.5 Å². The van der Waals surface area contributed by atoms with Gasteiger partial charge in [-0.15, -0.1) is 0 Å². The number of hydrogen-bond donors (Lipinski definition) is 1. The summed E-state index contributed by atoms with van der Waals surface area (Å²) >= 11 is 5.94. The lowest BCUT2D eigenvalue weighted by Gasteiger charge is -2.08. The van der Waals surface area contributed by atoms with E-state index in [-0.39, 0.29) is 0 Å². The minimum Gasteiger partial charge on any atom is -0.496 e. The van der Waals surface area contributed by atoms with Crippen LogP contribution in [-0.2, 0) is 6.42 Å². The second-order valence-electron chi connectivity index (χ2n) is 3.56. The number of benzene rings is 1. The fourth-order valence-electron chi connectivity index (χ4n) is 1.58. The lowest BCUT2D eigenvalue weighted by atomic mass is 10.1. The number of halogens is 1. The first-order valence-electron chi connectivity index (χ1n) is 5.30. The van der Waals surface area contributed by atoms with E-state index < -0.39 is 0 Å². The Morgan fingerprint density at radius 1 is 1.27 bits per heavy atom. The van der Waals surface area contributed by atoms with Gasteiger partial charge in [0, 0.05) is 5.02 Å². The standard InChI is InChI=1S/C12H18ClNO/c1-15-12-7-6-11(13)9-10(12)5-3-2-4-8-14/h6-7,9H,2-5,8,14H2,1H3. The molecule has 3 heteroatoms. The molecule has 0 radical (unpaired) electrons. The molecule has 0 aromatic heterocycles. The predicted molar refractivity (Wildman–Crippen MR) is 64.6 cm³/mol. The van der Waals surface area contributed by atoms with Gasteiger partial charge in [-0.05, 0) is 49.6 Å². The highest BCUT2D eigenvalue weighted by Gasteiger charge is 2.03.